The van der Waals surface area contributed by atoms with E-state index < -0.39 is 5.97 Å². The Balaban J connectivity index is 3.40. The minimum Gasteiger partial charge on any atom is -0.481 e. The van der Waals surface area contributed by atoms with E-state index in [-0.39, 0.29) is 6.42 Å². The molecule has 0 aromatic heterocycles. The minimum atomic E-state index is -0.712. The number of carboxylic acid groups (broad SMARTS) is 1. The standard InChI is InChI=1S/C20H32O2/c1-2-3-4-5-6-7-8-9-10-11-12-13-14-15-16-17-18-19-20(21)22/h6-7,9-10,12-13,15-16H,2-5,8,11,14,17-19H2,1H3,(H,21,22)/b7-6-,10-9+,13-12-,16-15-. The Morgan fingerprint density at radius 2 is 1.18 bits per heavy atom. The van der Waals surface area contributed by atoms with Gasteiger partial charge in [-0.3, -0.25) is 4.79 Å². The summed E-state index contributed by atoms with van der Waals surface area (Å²) in [5, 5.41) is 8.49. The highest BCUT2D eigenvalue weighted by molar-refractivity contribution is 5.66. The van der Waals surface area contributed by atoms with Crippen LogP contribution in [0.5, 0.6) is 0 Å². The Bertz CT molecular complexity index is 362. The number of hydrogen-bond acceptors (Lipinski definition) is 1. The molecule has 0 rings (SSSR count). The Morgan fingerprint density at radius 3 is 1.64 bits per heavy atom. The molecule has 22 heavy (non-hydrogen) atoms. The van der Waals surface area contributed by atoms with Crippen LogP contribution < -0.4 is 0 Å². The summed E-state index contributed by atoms with van der Waals surface area (Å²) in [5.74, 6) is -0.712. The fourth-order valence-corrected chi connectivity index (χ4v) is 1.93. The first-order valence-corrected chi connectivity index (χ1v) is 8.59. The first kappa shape index (κ1) is 20.4. The van der Waals surface area contributed by atoms with Crippen molar-refractivity contribution in [3.63, 3.8) is 0 Å². The molecule has 0 aliphatic heterocycles. The van der Waals surface area contributed by atoms with Crippen molar-refractivity contribution in [3.8, 4) is 0 Å². The van der Waals surface area contributed by atoms with Gasteiger partial charge in [0.1, 0.15) is 0 Å². The average molecular weight is 304 g/mol. The van der Waals surface area contributed by atoms with E-state index in [4.69, 9.17) is 5.11 Å². The van der Waals surface area contributed by atoms with E-state index in [1.807, 2.05) is 0 Å². The second-order valence-electron chi connectivity index (χ2n) is 5.37. The molecule has 0 spiro atoms. The number of aliphatic carboxylic acids is 1. The molecule has 0 atom stereocenters. The monoisotopic (exact) mass is 304 g/mol. The highest BCUT2D eigenvalue weighted by atomic mass is 16.4. The van der Waals surface area contributed by atoms with E-state index >= 15 is 0 Å². The van der Waals surface area contributed by atoms with E-state index in [9.17, 15) is 4.79 Å². The zero-order valence-electron chi connectivity index (χ0n) is 14.0. The molecular weight excluding hydrogens is 272 g/mol. The number of unbranched alkanes of at least 4 members (excludes halogenated alkanes) is 4. The van der Waals surface area contributed by atoms with E-state index in [1.165, 1.54) is 25.7 Å². The van der Waals surface area contributed by atoms with Gasteiger partial charge in [-0.15, -0.1) is 0 Å². The lowest BCUT2D eigenvalue weighted by Gasteiger charge is -1.90. The van der Waals surface area contributed by atoms with Crippen LogP contribution in [0.25, 0.3) is 0 Å². The Kier molecular flexibility index (Phi) is 16.2. The third kappa shape index (κ3) is 18.4. The van der Waals surface area contributed by atoms with Crippen LogP contribution in [0.4, 0.5) is 0 Å². The number of rotatable bonds is 14. The van der Waals surface area contributed by atoms with Crippen LogP contribution in [0.3, 0.4) is 0 Å². The Morgan fingerprint density at radius 1 is 0.727 bits per heavy atom. The number of allylic oxidation sites excluding steroid dienone is 8. The highest BCUT2D eigenvalue weighted by Gasteiger charge is 1.92. The summed E-state index contributed by atoms with van der Waals surface area (Å²) in [5.41, 5.74) is 0. The molecule has 0 saturated heterocycles. The third-order valence-corrected chi connectivity index (χ3v) is 3.22. The lowest BCUT2D eigenvalue weighted by Crippen LogP contribution is -1.92. The number of carbonyl (C=O) groups is 1. The number of hydrogen-bond donors (Lipinski definition) is 1. The summed E-state index contributed by atoms with van der Waals surface area (Å²) in [6, 6.07) is 0. The van der Waals surface area contributed by atoms with Crippen molar-refractivity contribution >= 4 is 5.97 Å². The molecule has 0 fully saturated rings. The van der Waals surface area contributed by atoms with Gasteiger partial charge in [-0.05, 0) is 44.9 Å². The molecule has 0 bridgehead atoms. The van der Waals surface area contributed by atoms with Gasteiger partial charge in [-0.2, -0.15) is 0 Å². The third-order valence-electron chi connectivity index (χ3n) is 3.22. The topological polar surface area (TPSA) is 37.3 Å². The normalized spacial score (nSPS) is 12.4. The lowest BCUT2D eigenvalue weighted by molar-refractivity contribution is -0.137. The smallest absolute Gasteiger partial charge is 0.303 e. The second-order valence-corrected chi connectivity index (χ2v) is 5.37. The van der Waals surface area contributed by atoms with Gasteiger partial charge >= 0.3 is 5.97 Å². The fourth-order valence-electron chi connectivity index (χ4n) is 1.93. The van der Waals surface area contributed by atoms with Crippen LogP contribution in [0.15, 0.2) is 48.6 Å². The molecule has 0 aromatic rings. The summed E-state index contributed by atoms with van der Waals surface area (Å²) in [7, 11) is 0. The van der Waals surface area contributed by atoms with Crippen molar-refractivity contribution in [2.24, 2.45) is 0 Å². The van der Waals surface area contributed by atoms with Gasteiger partial charge in [0.2, 0.25) is 0 Å². The van der Waals surface area contributed by atoms with E-state index in [0.717, 1.165) is 32.1 Å². The van der Waals surface area contributed by atoms with Crippen molar-refractivity contribution in [3.05, 3.63) is 48.6 Å². The molecule has 124 valence electrons. The van der Waals surface area contributed by atoms with E-state index in [2.05, 4.69) is 55.5 Å². The van der Waals surface area contributed by atoms with Crippen LogP contribution in [-0.2, 0) is 4.79 Å². The van der Waals surface area contributed by atoms with Crippen molar-refractivity contribution in [2.75, 3.05) is 0 Å². The molecule has 0 aliphatic rings. The Labute approximate surface area is 136 Å². The molecule has 2 nitrogen and oxygen atoms in total. The summed E-state index contributed by atoms with van der Waals surface area (Å²) in [6.45, 7) is 2.23. The van der Waals surface area contributed by atoms with Crippen molar-refractivity contribution < 1.29 is 9.90 Å². The van der Waals surface area contributed by atoms with E-state index in [1.54, 1.807) is 0 Å². The molecule has 0 radical (unpaired) electrons. The molecule has 0 heterocycles. The van der Waals surface area contributed by atoms with Crippen molar-refractivity contribution in [2.45, 2.75) is 71.1 Å². The summed E-state index contributed by atoms with van der Waals surface area (Å²) in [6.07, 6.45) is 27.3. The zero-order chi connectivity index (χ0) is 16.3. The predicted octanol–water partition coefficient (Wildman–Crippen LogP) is 6.22. The molecule has 0 saturated carbocycles. The average Bonchev–Trinajstić information content (AvgIpc) is 2.50. The summed E-state index contributed by atoms with van der Waals surface area (Å²) in [4.78, 5) is 10.3. The first-order valence-electron chi connectivity index (χ1n) is 8.59. The Hall–Kier alpha value is -1.57. The van der Waals surface area contributed by atoms with Crippen molar-refractivity contribution in [1.29, 1.82) is 0 Å². The van der Waals surface area contributed by atoms with Gasteiger partial charge in [0, 0.05) is 6.42 Å². The lowest BCUT2D eigenvalue weighted by atomic mass is 10.2. The van der Waals surface area contributed by atoms with Gasteiger partial charge in [-0.25, -0.2) is 0 Å². The molecule has 0 amide bonds. The van der Waals surface area contributed by atoms with Crippen LogP contribution in [-0.4, -0.2) is 11.1 Å². The summed E-state index contributed by atoms with van der Waals surface area (Å²) >= 11 is 0. The van der Waals surface area contributed by atoms with Gasteiger partial charge in [-0.1, -0.05) is 68.4 Å². The second kappa shape index (κ2) is 17.5. The number of carboxylic acids is 1. The molecule has 0 unspecified atom stereocenters. The molecular formula is C20H32O2. The zero-order valence-corrected chi connectivity index (χ0v) is 14.0. The van der Waals surface area contributed by atoms with Gasteiger partial charge < -0.3 is 5.11 Å². The largest absolute Gasteiger partial charge is 0.481 e. The predicted molar refractivity (Wildman–Crippen MR) is 96.0 cm³/mol. The molecule has 1 N–H and O–H groups in total. The minimum absolute atomic E-state index is 0.262. The molecule has 0 aromatic carbocycles. The molecule has 2 heteroatoms. The maximum Gasteiger partial charge on any atom is 0.303 e. The van der Waals surface area contributed by atoms with Crippen LogP contribution in [0, 0.1) is 0 Å². The van der Waals surface area contributed by atoms with Crippen LogP contribution >= 0.6 is 0 Å². The highest BCUT2D eigenvalue weighted by Crippen LogP contribution is 2.01. The van der Waals surface area contributed by atoms with Gasteiger partial charge in [0.25, 0.3) is 0 Å². The van der Waals surface area contributed by atoms with Crippen LogP contribution in [0.1, 0.15) is 71.1 Å². The van der Waals surface area contributed by atoms with E-state index in [0.29, 0.717) is 0 Å². The van der Waals surface area contributed by atoms with Crippen LogP contribution in [0.2, 0.25) is 0 Å². The van der Waals surface area contributed by atoms with Crippen molar-refractivity contribution in [1.82, 2.24) is 0 Å². The summed E-state index contributed by atoms with van der Waals surface area (Å²) < 4.78 is 0. The van der Waals surface area contributed by atoms with Gasteiger partial charge in [0.15, 0.2) is 0 Å². The SMILES string of the molecule is CCCCC/C=C\C/C=C/C/C=C\C/C=C\CCCC(=O)O. The maximum absolute atomic E-state index is 10.3. The first-order chi connectivity index (χ1) is 10.8. The molecule has 0 aliphatic carbocycles. The quantitative estimate of drug-likeness (QED) is 0.305. The maximum atomic E-state index is 10.3. The van der Waals surface area contributed by atoms with Gasteiger partial charge in [0.05, 0.1) is 0 Å². The fraction of sp³-hybridized carbons (Fsp3) is 0.550.